The Morgan fingerprint density at radius 3 is 2.74 bits per heavy atom. The molecule has 0 saturated carbocycles. The molecule has 2 unspecified atom stereocenters. The normalized spacial score (nSPS) is 20.8. The maximum atomic E-state index is 13.1. The molecular weight excluding hydrogens is 485 g/mol. The van der Waals surface area contributed by atoms with E-state index in [1.165, 1.54) is 17.0 Å². The van der Waals surface area contributed by atoms with Gasteiger partial charge in [-0.2, -0.15) is 13.2 Å². The smallest absolute Gasteiger partial charge is 0.416 e. The van der Waals surface area contributed by atoms with Crippen LogP contribution < -0.4 is 10.2 Å². The van der Waals surface area contributed by atoms with E-state index in [9.17, 15) is 27.0 Å². The zero-order valence-electron chi connectivity index (χ0n) is 18.4. The average molecular weight is 507 g/mol. The number of rotatable bonds is 4. The number of nitrogens with zero attached hydrogens (tertiary/aromatic N) is 3. The van der Waals surface area contributed by atoms with Crippen LogP contribution in [0.4, 0.5) is 29.6 Å². The van der Waals surface area contributed by atoms with Crippen molar-refractivity contribution in [1.82, 2.24) is 9.55 Å². The van der Waals surface area contributed by atoms with Crippen LogP contribution in [0, 0.1) is 0 Å². The lowest BCUT2D eigenvalue weighted by Gasteiger charge is -2.26. The third-order valence-corrected chi connectivity index (χ3v) is 7.50. The van der Waals surface area contributed by atoms with Gasteiger partial charge in [-0.25, -0.2) is 9.78 Å². The number of aromatic nitrogens is 2. The molecule has 1 N–H and O–H groups in total. The largest absolute Gasteiger partial charge is 0.449 e. The van der Waals surface area contributed by atoms with Gasteiger partial charge < -0.3 is 9.30 Å². The van der Waals surface area contributed by atoms with E-state index in [2.05, 4.69) is 10.3 Å². The maximum absolute atomic E-state index is 13.1. The first-order valence-electron chi connectivity index (χ1n) is 11.0. The Balaban J connectivity index is 1.52. The first-order valence-corrected chi connectivity index (χ1v) is 12.5. The zero-order chi connectivity index (χ0) is 24.7. The van der Waals surface area contributed by atoms with Crippen LogP contribution in [0.1, 0.15) is 34.8 Å². The summed E-state index contributed by atoms with van der Waals surface area (Å²) in [6.07, 6.45) is -3.75. The van der Waals surface area contributed by atoms with Crippen molar-refractivity contribution in [1.29, 1.82) is 0 Å². The number of carbonyl (C=O) groups is 2. The standard InChI is InChI=1S/C23H21F3N4O4S/c24-23(25,26)15-4-1-3-14(11-15)20(31)28-21-27-18-12-16(29-8-2-9-34-22(29)32)5-6-19(18)30(21)17-7-10-35(33)13-17/h1,3-6,11-12,17H,2,7-10,13H2,(H,27,28,31). The summed E-state index contributed by atoms with van der Waals surface area (Å²) in [6, 6.07) is 9.15. The van der Waals surface area contributed by atoms with Crippen LogP contribution in [0.25, 0.3) is 11.0 Å². The lowest BCUT2D eigenvalue weighted by molar-refractivity contribution is -0.137. The number of benzene rings is 2. The molecule has 0 radical (unpaired) electrons. The minimum Gasteiger partial charge on any atom is -0.449 e. The summed E-state index contributed by atoms with van der Waals surface area (Å²) in [6.45, 7) is 0.850. The van der Waals surface area contributed by atoms with Gasteiger partial charge in [0.2, 0.25) is 5.95 Å². The molecule has 3 heterocycles. The molecule has 12 heteroatoms. The van der Waals surface area contributed by atoms with Crippen LogP contribution in [0.15, 0.2) is 42.5 Å². The number of imidazole rings is 1. The highest BCUT2D eigenvalue weighted by Gasteiger charge is 2.32. The average Bonchev–Trinajstić information content (AvgIpc) is 3.40. The molecule has 8 nitrogen and oxygen atoms in total. The first kappa shape index (κ1) is 23.3. The molecule has 3 aromatic rings. The summed E-state index contributed by atoms with van der Waals surface area (Å²) in [5.74, 6) is 0.275. The second-order valence-electron chi connectivity index (χ2n) is 8.38. The summed E-state index contributed by atoms with van der Waals surface area (Å²) >= 11 is 0. The molecule has 1 aromatic heterocycles. The van der Waals surface area contributed by atoms with Gasteiger partial charge in [0, 0.05) is 46.1 Å². The molecule has 35 heavy (non-hydrogen) atoms. The number of hydrogen-bond acceptors (Lipinski definition) is 5. The molecule has 5 rings (SSSR count). The van der Waals surface area contributed by atoms with Gasteiger partial charge in [0.25, 0.3) is 5.91 Å². The Hall–Kier alpha value is -3.41. The molecule has 2 aromatic carbocycles. The fourth-order valence-electron chi connectivity index (χ4n) is 4.36. The number of hydrogen-bond donors (Lipinski definition) is 1. The Labute approximate surface area is 200 Å². The van der Waals surface area contributed by atoms with Crippen molar-refractivity contribution in [2.75, 3.05) is 34.9 Å². The predicted molar refractivity (Wildman–Crippen MR) is 124 cm³/mol. The van der Waals surface area contributed by atoms with Crippen LogP contribution in [-0.2, 0) is 21.7 Å². The number of alkyl halides is 3. The van der Waals surface area contributed by atoms with Crippen molar-refractivity contribution in [3.63, 3.8) is 0 Å². The summed E-state index contributed by atoms with van der Waals surface area (Å²) in [7, 11) is -1.02. The number of nitrogens with one attached hydrogen (secondary N) is 1. The van der Waals surface area contributed by atoms with E-state index < -0.39 is 34.5 Å². The number of fused-ring (bicyclic) bond motifs is 1. The number of amides is 2. The molecule has 2 atom stereocenters. The number of cyclic esters (lactones) is 1. The molecular formula is C23H21F3N4O4S. The third-order valence-electron chi connectivity index (χ3n) is 6.06. The van der Waals surface area contributed by atoms with Crippen LogP contribution in [0.3, 0.4) is 0 Å². The highest BCUT2D eigenvalue weighted by atomic mass is 32.2. The molecule has 0 spiro atoms. The molecule has 2 saturated heterocycles. The first-order chi connectivity index (χ1) is 16.7. The van der Waals surface area contributed by atoms with Gasteiger partial charge in [-0.05, 0) is 49.2 Å². The highest BCUT2D eigenvalue weighted by Crippen LogP contribution is 2.34. The van der Waals surface area contributed by atoms with Gasteiger partial charge in [-0.15, -0.1) is 0 Å². The minimum absolute atomic E-state index is 0.143. The van der Waals surface area contributed by atoms with Crippen molar-refractivity contribution in [3.05, 3.63) is 53.6 Å². The third kappa shape index (κ3) is 4.62. The Bertz CT molecular complexity index is 1340. The molecule has 0 bridgehead atoms. The van der Waals surface area contributed by atoms with E-state index in [1.54, 1.807) is 22.8 Å². The van der Waals surface area contributed by atoms with E-state index in [0.717, 1.165) is 12.1 Å². The molecule has 2 amide bonds. The summed E-state index contributed by atoms with van der Waals surface area (Å²) in [5.41, 5.74) is 0.631. The lowest BCUT2D eigenvalue weighted by Crippen LogP contribution is -2.37. The second kappa shape index (κ2) is 8.99. The van der Waals surface area contributed by atoms with Gasteiger partial charge >= 0.3 is 12.3 Å². The Kier molecular flexibility index (Phi) is 5.99. The SMILES string of the molecule is O=C(Nc1nc2cc(N3CCCOC3=O)ccc2n1C1CCS(=O)C1)c1cccc(C(F)(F)F)c1. The van der Waals surface area contributed by atoms with Crippen molar-refractivity contribution < 1.29 is 31.7 Å². The second-order valence-corrected chi connectivity index (χ2v) is 10.0. The molecule has 2 aliphatic rings. The summed E-state index contributed by atoms with van der Waals surface area (Å²) < 4.78 is 58.3. The molecule has 2 aliphatic heterocycles. The van der Waals surface area contributed by atoms with E-state index in [4.69, 9.17) is 4.74 Å². The number of anilines is 2. The Morgan fingerprint density at radius 2 is 2.03 bits per heavy atom. The van der Waals surface area contributed by atoms with Gasteiger partial charge in [0.15, 0.2) is 0 Å². The number of ether oxygens (including phenoxy) is 1. The van der Waals surface area contributed by atoms with Gasteiger partial charge in [0.05, 0.1) is 23.2 Å². The monoisotopic (exact) mass is 506 g/mol. The maximum Gasteiger partial charge on any atom is 0.416 e. The fraction of sp³-hybridized carbons (Fsp3) is 0.348. The minimum atomic E-state index is -4.58. The number of carbonyl (C=O) groups excluding carboxylic acids is 2. The van der Waals surface area contributed by atoms with E-state index in [0.29, 0.717) is 54.2 Å². The lowest BCUT2D eigenvalue weighted by atomic mass is 10.1. The van der Waals surface area contributed by atoms with E-state index in [-0.39, 0.29) is 17.6 Å². The van der Waals surface area contributed by atoms with Crippen LogP contribution in [0.2, 0.25) is 0 Å². The predicted octanol–water partition coefficient (Wildman–Crippen LogP) is 4.35. The Morgan fingerprint density at radius 1 is 1.20 bits per heavy atom. The van der Waals surface area contributed by atoms with E-state index in [1.807, 2.05) is 0 Å². The van der Waals surface area contributed by atoms with E-state index >= 15 is 0 Å². The topological polar surface area (TPSA) is 93.5 Å². The van der Waals surface area contributed by atoms with Gasteiger partial charge in [-0.1, -0.05) is 6.07 Å². The summed E-state index contributed by atoms with van der Waals surface area (Å²) in [4.78, 5) is 31.1. The highest BCUT2D eigenvalue weighted by molar-refractivity contribution is 7.85. The molecule has 2 fully saturated rings. The van der Waals surface area contributed by atoms with Gasteiger partial charge in [0.1, 0.15) is 0 Å². The van der Waals surface area contributed by atoms with Crippen LogP contribution in [0.5, 0.6) is 0 Å². The summed E-state index contributed by atoms with van der Waals surface area (Å²) in [5, 5.41) is 2.64. The number of halogens is 3. The van der Waals surface area contributed by atoms with Crippen molar-refractivity contribution in [2.24, 2.45) is 0 Å². The van der Waals surface area contributed by atoms with Gasteiger partial charge in [-0.3, -0.25) is 19.2 Å². The fourth-order valence-corrected chi connectivity index (χ4v) is 5.81. The van der Waals surface area contributed by atoms with Crippen LogP contribution in [-0.4, -0.2) is 50.4 Å². The quantitative estimate of drug-likeness (QED) is 0.568. The molecule has 0 aliphatic carbocycles. The van der Waals surface area contributed by atoms with Crippen molar-refractivity contribution in [3.8, 4) is 0 Å². The van der Waals surface area contributed by atoms with Crippen molar-refractivity contribution >= 4 is 45.5 Å². The zero-order valence-corrected chi connectivity index (χ0v) is 19.2. The molecule has 184 valence electrons. The van der Waals surface area contributed by atoms with Crippen molar-refractivity contribution in [2.45, 2.75) is 25.1 Å². The van der Waals surface area contributed by atoms with Crippen LogP contribution >= 0.6 is 0 Å².